The number of rotatable bonds is 5. The number of ether oxygens (including phenoxy) is 3. The second-order valence-electron chi connectivity index (χ2n) is 10.3. The van der Waals surface area contributed by atoms with Crippen molar-refractivity contribution >= 4 is 28.8 Å². The zero-order valence-electron chi connectivity index (χ0n) is 22.6. The van der Waals surface area contributed by atoms with Gasteiger partial charge in [-0.25, -0.2) is 14.2 Å². The van der Waals surface area contributed by atoms with Crippen molar-refractivity contribution in [3.8, 4) is 5.75 Å². The number of nitrogens with zero attached hydrogens (tertiary/aromatic N) is 3. The molecule has 1 saturated carbocycles. The number of benzene rings is 2. The molecule has 9 nitrogen and oxygen atoms in total. The molecule has 1 aliphatic carbocycles. The van der Waals surface area contributed by atoms with Crippen molar-refractivity contribution in [2.24, 2.45) is 5.92 Å². The van der Waals surface area contributed by atoms with Crippen molar-refractivity contribution in [3.63, 3.8) is 0 Å². The van der Waals surface area contributed by atoms with Gasteiger partial charge in [-0.2, -0.15) is 0 Å². The van der Waals surface area contributed by atoms with Crippen molar-refractivity contribution in [2.45, 2.75) is 63.6 Å². The van der Waals surface area contributed by atoms with Crippen LogP contribution in [-0.2, 0) is 20.7 Å². The lowest BCUT2D eigenvalue weighted by atomic mass is 9.85. The Morgan fingerprint density at radius 3 is 2.62 bits per heavy atom. The predicted octanol–water partition coefficient (Wildman–Crippen LogP) is 5.08. The van der Waals surface area contributed by atoms with E-state index in [2.05, 4.69) is 0 Å². The van der Waals surface area contributed by atoms with Gasteiger partial charge < -0.3 is 23.9 Å². The fourth-order valence-corrected chi connectivity index (χ4v) is 6.21. The van der Waals surface area contributed by atoms with Crippen molar-refractivity contribution < 1.29 is 33.3 Å². The molecule has 208 valence electrons. The molecule has 0 radical (unpaired) electrons. The van der Waals surface area contributed by atoms with Crippen molar-refractivity contribution in [3.05, 3.63) is 53.1 Å². The molecule has 10 heteroatoms. The Labute approximate surface area is 226 Å². The highest BCUT2D eigenvalue weighted by Crippen LogP contribution is 2.43. The fourth-order valence-electron chi connectivity index (χ4n) is 6.21. The van der Waals surface area contributed by atoms with Crippen molar-refractivity contribution in [2.75, 3.05) is 26.2 Å². The number of imidazole rings is 1. The SMILES string of the molecule is COC(=O)[C@@H]1CCC[C@@H](n2c(C(O)c3cc(F)ccc3OC)nc3c4c(ccc32)N(C(=O)OC)[C@@H](C)CC4)C1. The van der Waals surface area contributed by atoms with Gasteiger partial charge in [-0.15, -0.1) is 0 Å². The van der Waals surface area contributed by atoms with E-state index in [0.29, 0.717) is 29.9 Å². The maximum Gasteiger partial charge on any atom is 0.414 e. The molecule has 1 aliphatic heterocycles. The van der Waals surface area contributed by atoms with Crippen LogP contribution in [0.2, 0.25) is 0 Å². The molecular formula is C29H34FN3O6. The largest absolute Gasteiger partial charge is 0.496 e. The minimum atomic E-state index is -1.29. The number of aromatic nitrogens is 2. The summed E-state index contributed by atoms with van der Waals surface area (Å²) < 4.78 is 31.8. The van der Waals surface area contributed by atoms with E-state index in [1.54, 1.807) is 4.90 Å². The lowest BCUT2D eigenvalue weighted by molar-refractivity contribution is -0.147. The number of aliphatic hydroxyl groups is 1. The van der Waals surface area contributed by atoms with Crippen LogP contribution in [-0.4, -0.2) is 54.1 Å². The van der Waals surface area contributed by atoms with Crippen LogP contribution >= 0.6 is 0 Å². The number of carbonyl (C=O) groups is 2. The smallest absolute Gasteiger partial charge is 0.414 e. The molecular weight excluding hydrogens is 505 g/mol. The molecule has 1 amide bonds. The highest BCUT2D eigenvalue weighted by Gasteiger charge is 2.36. The predicted molar refractivity (Wildman–Crippen MR) is 142 cm³/mol. The number of carbonyl (C=O) groups excluding carboxylic acids is 2. The summed E-state index contributed by atoms with van der Waals surface area (Å²) in [5.74, 6) is -0.352. The third-order valence-electron chi connectivity index (χ3n) is 8.13. The molecule has 0 saturated heterocycles. The summed E-state index contributed by atoms with van der Waals surface area (Å²) in [6, 6.07) is 7.60. The van der Waals surface area contributed by atoms with E-state index in [1.807, 2.05) is 23.6 Å². The van der Waals surface area contributed by atoms with Gasteiger partial charge in [0.25, 0.3) is 0 Å². The Kier molecular flexibility index (Phi) is 7.48. The number of esters is 1. The Morgan fingerprint density at radius 2 is 1.90 bits per heavy atom. The normalized spacial score (nSPS) is 21.8. The third kappa shape index (κ3) is 4.71. The second kappa shape index (κ2) is 10.8. The number of hydrogen-bond acceptors (Lipinski definition) is 7. The molecule has 1 unspecified atom stereocenters. The summed E-state index contributed by atoms with van der Waals surface area (Å²) in [4.78, 5) is 31.7. The summed E-state index contributed by atoms with van der Waals surface area (Å²) in [5, 5.41) is 11.7. The summed E-state index contributed by atoms with van der Waals surface area (Å²) in [7, 11) is 4.22. The first-order valence-corrected chi connectivity index (χ1v) is 13.3. The number of halogens is 1. The number of methoxy groups -OCH3 is 3. The van der Waals surface area contributed by atoms with Crippen LogP contribution in [0, 0.1) is 11.7 Å². The Bertz CT molecular complexity index is 1410. The van der Waals surface area contributed by atoms with Gasteiger partial charge in [-0.05, 0) is 69.4 Å². The first kappa shape index (κ1) is 26.9. The first-order chi connectivity index (χ1) is 18.8. The quantitative estimate of drug-likeness (QED) is 0.451. The van der Waals surface area contributed by atoms with Crippen LogP contribution < -0.4 is 9.64 Å². The molecule has 2 heterocycles. The number of aliphatic hydroxyl groups excluding tert-OH is 1. The van der Waals surface area contributed by atoms with E-state index in [-0.39, 0.29) is 29.5 Å². The average molecular weight is 540 g/mol. The molecule has 39 heavy (non-hydrogen) atoms. The van der Waals surface area contributed by atoms with Crippen molar-refractivity contribution in [1.29, 1.82) is 0 Å². The van der Waals surface area contributed by atoms with Crippen LogP contribution in [0.4, 0.5) is 14.9 Å². The molecule has 0 spiro atoms. The van der Waals surface area contributed by atoms with Gasteiger partial charge in [-0.1, -0.05) is 6.42 Å². The molecule has 1 N–H and O–H groups in total. The summed E-state index contributed by atoms with van der Waals surface area (Å²) in [5.41, 5.74) is 3.31. The van der Waals surface area contributed by atoms with E-state index >= 15 is 0 Å². The highest BCUT2D eigenvalue weighted by molar-refractivity contribution is 5.95. The standard InChI is InChI=1S/C29H34FN3O6/c1-16-8-10-20-22(32(16)29(36)39-4)11-12-23-25(20)31-27(26(34)21-15-18(30)9-13-24(21)37-2)33(23)19-7-5-6-17(14-19)28(35)38-3/h9,11-13,15-17,19,26,34H,5-8,10,14H2,1-4H3/t16-,17+,19+,26?/m0/s1. The Balaban J connectivity index is 1.71. The minimum Gasteiger partial charge on any atom is -0.496 e. The van der Waals surface area contributed by atoms with Crippen LogP contribution in [0.25, 0.3) is 11.0 Å². The Hall–Kier alpha value is -3.66. The number of hydrogen-bond donors (Lipinski definition) is 1. The number of fused-ring (bicyclic) bond motifs is 3. The summed E-state index contributed by atoms with van der Waals surface area (Å²) in [6.07, 6.45) is 2.51. The minimum absolute atomic E-state index is 0.0507. The maximum absolute atomic E-state index is 14.3. The van der Waals surface area contributed by atoms with E-state index in [4.69, 9.17) is 19.2 Å². The second-order valence-corrected chi connectivity index (χ2v) is 10.3. The zero-order valence-corrected chi connectivity index (χ0v) is 22.6. The lowest BCUT2D eigenvalue weighted by Crippen LogP contribution is -2.42. The van der Waals surface area contributed by atoms with Crippen molar-refractivity contribution in [1.82, 2.24) is 9.55 Å². The van der Waals surface area contributed by atoms with Gasteiger partial charge in [0.2, 0.25) is 0 Å². The van der Waals surface area contributed by atoms with E-state index in [1.165, 1.54) is 39.5 Å². The van der Waals surface area contributed by atoms with Crippen LogP contribution in [0.5, 0.6) is 5.75 Å². The number of aryl methyl sites for hydroxylation is 1. The molecule has 1 fully saturated rings. The monoisotopic (exact) mass is 539 g/mol. The summed E-state index contributed by atoms with van der Waals surface area (Å²) >= 11 is 0. The van der Waals surface area contributed by atoms with Crippen LogP contribution in [0.15, 0.2) is 30.3 Å². The van der Waals surface area contributed by atoms with Gasteiger partial charge in [-0.3, -0.25) is 9.69 Å². The van der Waals surface area contributed by atoms with E-state index in [9.17, 15) is 19.1 Å². The first-order valence-electron chi connectivity index (χ1n) is 13.3. The lowest BCUT2D eigenvalue weighted by Gasteiger charge is -2.34. The fraction of sp³-hybridized carbons (Fsp3) is 0.483. The topological polar surface area (TPSA) is 103 Å². The molecule has 5 rings (SSSR count). The molecule has 2 aliphatic rings. The maximum atomic E-state index is 14.3. The van der Waals surface area contributed by atoms with Crippen LogP contribution in [0.3, 0.4) is 0 Å². The number of anilines is 1. The summed E-state index contributed by atoms with van der Waals surface area (Å²) in [6.45, 7) is 1.98. The van der Waals surface area contributed by atoms with Gasteiger partial charge in [0.15, 0.2) is 0 Å². The third-order valence-corrected chi connectivity index (χ3v) is 8.13. The Morgan fingerprint density at radius 1 is 1.10 bits per heavy atom. The van der Waals surface area contributed by atoms with Crippen LogP contribution in [0.1, 0.15) is 68.1 Å². The highest BCUT2D eigenvalue weighted by atomic mass is 19.1. The van der Waals surface area contributed by atoms with Gasteiger partial charge in [0.05, 0.1) is 44.0 Å². The van der Waals surface area contributed by atoms with Gasteiger partial charge in [0.1, 0.15) is 23.5 Å². The molecule has 0 bridgehead atoms. The molecule has 3 aromatic rings. The zero-order chi connectivity index (χ0) is 27.8. The molecule has 4 atom stereocenters. The van der Waals surface area contributed by atoms with E-state index < -0.39 is 18.0 Å². The molecule has 2 aromatic carbocycles. The average Bonchev–Trinajstić information content (AvgIpc) is 3.35. The number of amides is 1. The van der Waals surface area contributed by atoms with E-state index in [0.717, 1.165) is 42.5 Å². The van der Waals surface area contributed by atoms with Gasteiger partial charge in [0, 0.05) is 23.2 Å². The molecule has 1 aromatic heterocycles. The van der Waals surface area contributed by atoms with Gasteiger partial charge >= 0.3 is 12.1 Å².